The van der Waals surface area contributed by atoms with Crippen molar-refractivity contribution < 1.29 is 19.1 Å². The first-order chi connectivity index (χ1) is 16.5. The molecule has 1 aromatic heterocycles. The van der Waals surface area contributed by atoms with Crippen LogP contribution in [0.4, 0.5) is 5.69 Å². The summed E-state index contributed by atoms with van der Waals surface area (Å²) < 4.78 is 12.2. The minimum atomic E-state index is -0.780. The van der Waals surface area contributed by atoms with Crippen molar-refractivity contribution in [2.75, 3.05) is 11.9 Å². The molecule has 1 heterocycles. The summed E-state index contributed by atoms with van der Waals surface area (Å²) in [5.41, 5.74) is 0.216. The SMILES string of the molecule is CCCn1nc(C(=O)OCC(=O)Nc2cccc(Oc3ccccc3)c2)c2ccccc2c1=O. The monoisotopic (exact) mass is 457 g/mol. The molecule has 1 amide bonds. The smallest absolute Gasteiger partial charge is 0.359 e. The van der Waals surface area contributed by atoms with E-state index in [1.807, 2.05) is 37.3 Å². The molecular weight excluding hydrogens is 434 g/mol. The minimum absolute atomic E-state index is 0.00490. The number of aromatic nitrogens is 2. The van der Waals surface area contributed by atoms with Crippen LogP contribution in [0.5, 0.6) is 11.5 Å². The maximum absolute atomic E-state index is 12.7. The van der Waals surface area contributed by atoms with Crippen LogP contribution in [0.2, 0.25) is 0 Å². The van der Waals surface area contributed by atoms with Gasteiger partial charge in [0.25, 0.3) is 11.5 Å². The van der Waals surface area contributed by atoms with Crippen molar-refractivity contribution in [2.45, 2.75) is 19.9 Å². The van der Waals surface area contributed by atoms with E-state index in [4.69, 9.17) is 9.47 Å². The normalized spacial score (nSPS) is 10.6. The first-order valence-electron chi connectivity index (χ1n) is 10.8. The lowest BCUT2D eigenvalue weighted by Crippen LogP contribution is -2.27. The summed E-state index contributed by atoms with van der Waals surface area (Å²) in [7, 11) is 0. The largest absolute Gasteiger partial charge is 0.457 e. The third-order valence-electron chi connectivity index (χ3n) is 4.93. The number of hydrogen-bond acceptors (Lipinski definition) is 6. The molecule has 0 aliphatic heterocycles. The molecule has 172 valence electrons. The molecule has 0 saturated heterocycles. The Labute approximate surface area is 195 Å². The van der Waals surface area contributed by atoms with Crippen LogP contribution in [0.15, 0.2) is 83.7 Å². The van der Waals surface area contributed by atoms with Gasteiger partial charge in [-0.25, -0.2) is 9.48 Å². The summed E-state index contributed by atoms with van der Waals surface area (Å²) >= 11 is 0. The molecule has 0 saturated carbocycles. The van der Waals surface area contributed by atoms with E-state index in [1.54, 1.807) is 48.5 Å². The Morgan fingerprint density at radius 3 is 2.38 bits per heavy atom. The molecular formula is C26H23N3O5. The number of nitrogens with one attached hydrogen (secondary N) is 1. The number of aryl methyl sites for hydroxylation is 1. The molecule has 8 heteroatoms. The molecule has 0 bridgehead atoms. The van der Waals surface area contributed by atoms with Crippen LogP contribution in [0.3, 0.4) is 0 Å². The van der Waals surface area contributed by atoms with Gasteiger partial charge in [-0.1, -0.05) is 49.4 Å². The number of nitrogens with zero attached hydrogens (tertiary/aromatic N) is 2. The fraction of sp³-hybridized carbons (Fsp3) is 0.154. The zero-order chi connectivity index (χ0) is 23.9. The maximum atomic E-state index is 12.7. The van der Waals surface area contributed by atoms with Crippen LogP contribution in [0, 0.1) is 0 Å². The molecule has 0 aliphatic carbocycles. The molecule has 3 aromatic carbocycles. The highest BCUT2D eigenvalue weighted by Crippen LogP contribution is 2.24. The third-order valence-corrected chi connectivity index (χ3v) is 4.93. The van der Waals surface area contributed by atoms with Gasteiger partial charge in [-0.15, -0.1) is 0 Å². The summed E-state index contributed by atoms with van der Waals surface area (Å²) in [5.74, 6) is -0.0763. The van der Waals surface area contributed by atoms with Crippen LogP contribution in [-0.4, -0.2) is 28.3 Å². The Hall–Kier alpha value is -4.46. The van der Waals surface area contributed by atoms with Gasteiger partial charge in [0.05, 0.1) is 5.39 Å². The van der Waals surface area contributed by atoms with Crippen molar-refractivity contribution in [2.24, 2.45) is 0 Å². The molecule has 0 radical (unpaired) electrons. The highest BCUT2D eigenvalue weighted by molar-refractivity contribution is 6.03. The van der Waals surface area contributed by atoms with Crippen molar-refractivity contribution in [1.82, 2.24) is 9.78 Å². The maximum Gasteiger partial charge on any atom is 0.359 e. The van der Waals surface area contributed by atoms with Crippen molar-refractivity contribution in [3.05, 3.63) is 94.9 Å². The van der Waals surface area contributed by atoms with Gasteiger partial charge in [-0.3, -0.25) is 9.59 Å². The lowest BCUT2D eigenvalue weighted by molar-refractivity contribution is -0.119. The van der Waals surface area contributed by atoms with Gasteiger partial charge in [0.15, 0.2) is 12.3 Å². The summed E-state index contributed by atoms with van der Waals surface area (Å²) in [6.45, 7) is 1.77. The Bertz CT molecular complexity index is 1380. The fourth-order valence-corrected chi connectivity index (χ4v) is 3.41. The Balaban J connectivity index is 1.43. The summed E-state index contributed by atoms with van der Waals surface area (Å²) in [6.07, 6.45) is 0.676. The van der Waals surface area contributed by atoms with E-state index in [9.17, 15) is 14.4 Å². The first kappa shape index (κ1) is 22.7. The van der Waals surface area contributed by atoms with Crippen LogP contribution in [0.1, 0.15) is 23.8 Å². The number of ether oxygens (including phenoxy) is 2. The minimum Gasteiger partial charge on any atom is -0.457 e. The fourth-order valence-electron chi connectivity index (χ4n) is 3.41. The summed E-state index contributed by atoms with van der Waals surface area (Å²) in [4.78, 5) is 37.7. The molecule has 0 atom stereocenters. The standard InChI is InChI=1S/C26H23N3O5/c1-2-15-29-25(31)22-14-7-6-13-21(22)24(28-29)26(32)33-17-23(30)27-18-9-8-12-20(16-18)34-19-10-4-3-5-11-19/h3-14,16H,2,15,17H2,1H3,(H,27,30). The molecule has 8 nitrogen and oxygen atoms in total. The average Bonchev–Trinajstić information content (AvgIpc) is 2.85. The number of amides is 1. The van der Waals surface area contributed by atoms with Gasteiger partial charge in [-0.05, 0) is 36.8 Å². The molecule has 34 heavy (non-hydrogen) atoms. The second-order valence-electron chi connectivity index (χ2n) is 7.49. The molecule has 4 rings (SSSR count). The molecule has 0 fully saturated rings. The van der Waals surface area contributed by atoms with E-state index in [0.717, 1.165) is 0 Å². The average molecular weight is 457 g/mol. The molecule has 0 unspecified atom stereocenters. The van der Waals surface area contributed by atoms with E-state index in [1.165, 1.54) is 4.68 Å². The lowest BCUT2D eigenvalue weighted by Gasteiger charge is -2.11. The van der Waals surface area contributed by atoms with Gasteiger partial charge in [-0.2, -0.15) is 5.10 Å². The number of carbonyl (C=O) groups is 2. The number of rotatable bonds is 8. The Morgan fingerprint density at radius 1 is 0.912 bits per heavy atom. The predicted molar refractivity (Wildman–Crippen MR) is 128 cm³/mol. The van der Waals surface area contributed by atoms with Crippen LogP contribution in [0.25, 0.3) is 10.8 Å². The number of para-hydroxylation sites is 1. The van der Waals surface area contributed by atoms with Crippen molar-refractivity contribution in [3.63, 3.8) is 0 Å². The van der Waals surface area contributed by atoms with E-state index < -0.39 is 18.5 Å². The van der Waals surface area contributed by atoms with Crippen LogP contribution < -0.4 is 15.6 Å². The topological polar surface area (TPSA) is 99.5 Å². The van der Waals surface area contributed by atoms with E-state index in [-0.39, 0.29) is 11.3 Å². The second-order valence-corrected chi connectivity index (χ2v) is 7.49. The number of carbonyl (C=O) groups excluding carboxylic acids is 2. The van der Waals surface area contributed by atoms with Crippen LogP contribution >= 0.6 is 0 Å². The lowest BCUT2D eigenvalue weighted by atomic mass is 10.1. The molecule has 4 aromatic rings. The van der Waals surface area contributed by atoms with Gasteiger partial charge in [0.2, 0.25) is 0 Å². The molecule has 0 spiro atoms. The highest BCUT2D eigenvalue weighted by Gasteiger charge is 2.19. The zero-order valence-corrected chi connectivity index (χ0v) is 18.6. The first-order valence-corrected chi connectivity index (χ1v) is 10.8. The van der Waals surface area contributed by atoms with E-state index >= 15 is 0 Å². The number of fused-ring (bicyclic) bond motifs is 1. The predicted octanol–water partition coefficient (Wildman–Crippen LogP) is 4.39. The van der Waals surface area contributed by atoms with Crippen LogP contribution in [-0.2, 0) is 16.1 Å². The number of esters is 1. The van der Waals surface area contributed by atoms with E-state index in [0.29, 0.717) is 40.9 Å². The van der Waals surface area contributed by atoms with Crippen molar-refractivity contribution >= 4 is 28.3 Å². The van der Waals surface area contributed by atoms with Crippen molar-refractivity contribution in [1.29, 1.82) is 0 Å². The van der Waals surface area contributed by atoms with Gasteiger partial charge < -0.3 is 14.8 Å². The van der Waals surface area contributed by atoms with Gasteiger partial charge in [0.1, 0.15) is 11.5 Å². The molecule has 0 aliphatic rings. The number of benzene rings is 3. The Morgan fingerprint density at radius 2 is 1.62 bits per heavy atom. The van der Waals surface area contributed by atoms with E-state index in [2.05, 4.69) is 10.4 Å². The zero-order valence-electron chi connectivity index (χ0n) is 18.6. The van der Waals surface area contributed by atoms with Gasteiger partial charge >= 0.3 is 5.97 Å². The quantitative estimate of drug-likeness (QED) is 0.394. The number of hydrogen-bond donors (Lipinski definition) is 1. The summed E-state index contributed by atoms with van der Waals surface area (Å²) in [5, 5.41) is 7.62. The Kier molecular flexibility index (Phi) is 6.98. The third kappa shape index (κ3) is 5.29. The molecule has 1 N–H and O–H groups in total. The summed E-state index contributed by atoms with van der Waals surface area (Å²) in [6, 6.07) is 22.9. The highest BCUT2D eigenvalue weighted by atomic mass is 16.5. The number of anilines is 1. The van der Waals surface area contributed by atoms with Gasteiger partial charge in [0, 0.05) is 23.7 Å². The van der Waals surface area contributed by atoms with Crippen molar-refractivity contribution in [3.8, 4) is 11.5 Å². The second kappa shape index (κ2) is 10.4.